The third kappa shape index (κ3) is 4.88. The quantitative estimate of drug-likeness (QED) is 0.581. The average Bonchev–Trinajstić information content (AvgIpc) is 3.09. The summed E-state index contributed by atoms with van der Waals surface area (Å²) in [6.07, 6.45) is 4.18. The number of benzene rings is 1. The number of H-pyrrole nitrogens is 1. The van der Waals surface area contributed by atoms with E-state index in [1.54, 1.807) is 24.5 Å². The van der Waals surface area contributed by atoms with Gasteiger partial charge in [0.05, 0.1) is 19.4 Å². The summed E-state index contributed by atoms with van der Waals surface area (Å²) < 4.78 is 11.2. The summed E-state index contributed by atoms with van der Waals surface area (Å²) >= 11 is 0. The first-order valence-electron chi connectivity index (χ1n) is 7.61. The molecular weight excluding hydrogens is 294 g/mol. The van der Waals surface area contributed by atoms with Crippen molar-refractivity contribution in [2.45, 2.75) is 20.3 Å². The second kappa shape index (κ2) is 8.63. The smallest absolute Gasteiger partial charge is 0.287 e. The summed E-state index contributed by atoms with van der Waals surface area (Å²) in [5.74, 6) is 1.08. The van der Waals surface area contributed by atoms with Crippen LogP contribution in [-0.2, 0) is 0 Å². The molecule has 6 heteroatoms. The van der Waals surface area contributed by atoms with Gasteiger partial charge in [-0.1, -0.05) is 6.92 Å². The molecule has 0 aliphatic rings. The molecule has 1 amide bonds. The van der Waals surface area contributed by atoms with E-state index in [0.717, 1.165) is 12.0 Å². The van der Waals surface area contributed by atoms with Crippen LogP contribution in [0.5, 0.6) is 11.5 Å². The molecule has 0 bridgehead atoms. The van der Waals surface area contributed by atoms with E-state index in [1.165, 1.54) is 0 Å². The van der Waals surface area contributed by atoms with E-state index in [0.29, 0.717) is 30.4 Å². The predicted molar refractivity (Wildman–Crippen MR) is 89.2 cm³/mol. The Hall–Kier alpha value is -2.76. The lowest BCUT2D eigenvalue weighted by atomic mass is 10.2. The van der Waals surface area contributed by atoms with Crippen molar-refractivity contribution in [3.05, 3.63) is 47.8 Å². The number of nitrogens with one attached hydrogen (secondary N) is 2. The molecule has 0 unspecified atom stereocenters. The zero-order valence-electron chi connectivity index (χ0n) is 13.3. The van der Waals surface area contributed by atoms with E-state index in [9.17, 15) is 4.79 Å². The first-order valence-corrected chi connectivity index (χ1v) is 7.61. The molecule has 0 radical (unpaired) electrons. The monoisotopic (exact) mass is 315 g/mol. The second-order valence-electron chi connectivity index (χ2n) is 4.77. The van der Waals surface area contributed by atoms with Gasteiger partial charge < -0.3 is 14.5 Å². The van der Waals surface area contributed by atoms with Crippen LogP contribution in [0.1, 0.15) is 36.3 Å². The molecule has 0 aliphatic carbocycles. The number of rotatable bonds is 8. The molecule has 1 aromatic heterocycles. The number of hydrogen-bond acceptors (Lipinski definition) is 4. The van der Waals surface area contributed by atoms with Crippen LogP contribution in [0.3, 0.4) is 0 Å². The molecule has 0 saturated heterocycles. The number of hydrazone groups is 1. The lowest BCUT2D eigenvalue weighted by molar-refractivity contribution is 0.0951. The van der Waals surface area contributed by atoms with Crippen molar-refractivity contribution in [3.8, 4) is 11.5 Å². The molecule has 0 atom stereocenters. The highest BCUT2D eigenvalue weighted by Crippen LogP contribution is 2.28. The van der Waals surface area contributed by atoms with Gasteiger partial charge in [0.25, 0.3) is 5.91 Å². The molecule has 6 nitrogen and oxygen atoms in total. The standard InChI is InChI=1S/C17H21N3O3/c1-3-10-23-15-8-7-13(11-16(15)22-4-2)12-19-20-17(21)14-6-5-9-18-14/h5-9,11-12,18H,3-4,10H2,1-2H3,(H,20,21)/b19-12-. The van der Waals surface area contributed by atoms with Crippen LogP contribution >= 0.6 is 0 Å². The summed E-state index contributed by atoms with van der Waals surface area (Å²) in [5.41, 5.74) is 3.73. The van der Waals surface area contributed by atoms with Crippen molar-refractivity contribution in [2.24, 2.45) is 5.10 Å². The first-order chi connectivity index (χ1) is 11.2. The van der Waals surface area contributed by atoms with Crippen LogP contribution in [0.25, 0.3) is 0 Å². The van der Waals surface area contributed by atoms with Gasteiger partial charge in [-0.25, -0.2) is 5.43 Å². The van der Waals surface area contributed by atoms with Gasteiger partial charge in [-0.3, -0.25) is 4.79 Å². The molecule has 1 aromatic carbocycles. The van der Waals surface area contributed by atoms with Crippen molar-refractivity contribution < 1.29 is 14.3 Å². The van der Waals surface area contributed by atoms with E-state index in [2.05, 4.69) is 15.5 Å². The highest BCUT2D eigenvalue weighted by atomic mass is 16.5. The summed E-state index contributed by atoms with van der Waals surface area (Å²) in [5, 5.41) is 3.95. The van der Waals surface area contributed by atoms with Crippen LogP contribution in [0.2, 0.25) is 0 Å². The topological polar surface area (TPSA) is 75.7 Å². The summed E-state index contributed by atoms with van der Waals surface area (Å²) in [6.45, 7) is 5.15. The van der Waals surface area contributed by atoms with Gasteiger partial charge in [-0.2, -0.15) is 5.10 Å². The maximum absolute atomic E-state index is 11.7. The molecular formula is C17H21N3O3. The van der Waals surface area contributed by atoms with E-state index in [-0.39, 0.29) is 5.91 Å². The van der Waals surface area contributed by atoms with Crippen LogP contribution in [-0.4, -0.2) is 30.3 Å². The van der Waals surface area contributed by atoms with Gasteiger partial charge in [0.1, 0.15) is 5.69 Å². The number of ether oxygens (including phenoxy) is 2. The Bertz CT molecular complexity index is 651. The molecule has 122 valence electrons. The summed E-state index contributed by atoms with van der Waals surface area (Å²) in [7, 11) is 0. The maximum Gasteiger partial charge on any atom is 0.287 e. The highest BCUT2D eigenvalue weighted by Gasteiger charge is 2.06. The molecule has 0 aliphatic heterocycles. The van der Waals surface area contributed by atoms with Crippen molar-refractivity contribution in [1.29, 1.82) is 0 Å². The molecule has 0 spiro atoms. The number of nitrogens with zero attached hydrogens (tertiary/aromatic N) is 1. The molecule has 0 fully saturated rings. The fraction of sp³-hybridized carbons (Fsp3) is 0.294. The van der Waals surface area contributed by atoms with E-state index in [4.69, 9.17) is 9.47 Å². The van der Waals surface area contributed by atoms with Gasteiger partial charge in [-0.05, 0) is 49.2 Å². The summed E-state index contributed by atoms with van der Waals surface area (Å²) in [6, 6.07) is 8.96. The van der Waals surface area contributed by atoms with Crippen molar-refractivity contribution in [3.63, 3.8) is 0 Å². The Morgan fingerprint density at radius 1 is 1.26 bits per heavy atom. The summed E-state index contributed by atoms with van der Waals surface area (Å²) in [4.78, 5) is 14.6. The fourth-order valence-electron chi connectivity index (χ4n) is 1.90. The van der Waals surface area contributed by atoms with Gasteiger partial charge in [0.2, 0.25) is 0 Å². The Morgan fingerprint density at radius 2 is 2.13 bits per heavy atom. The lowest BCUT2D eigenvalue weighted by Gasteiger charge is -2.11. The molecule has 2 aromatic rings. The predicted octanol–water partition coefficient (Wildman–Crippen LogP) is 2.97. The Kier molecular flexibility index (Phi) is 6.23. The number of hydrogen-bond donors (Lipinski definition) is 2. The zero-order valence-corrected chi connectivity index (χ0v) is 13.3. The van der Waals surface area contributed by atoms with Gasteiger partial charge in [0.15, 0.2) is 11.5 Å². The van der Waals surface area contributed by atoms with E-state index < -0.39 is 0 Å². The molecule has 23 heavy (non-hydrogen) atoms. The molecule has 0 saturated carbocycles. The number of carbonyl (C=O) groups is 1. The highest BCUT2D eigenvalue weighted by molar-refractivity contribution is 5.93. The lowest BCUT2D eigenvalue weighted by Crippen LogP contribution is -2.17. The third-order valence-corrected chi connectivity index (χ3v) is 2.95. The van der Waals surface area contributed by atoms with E-state index in [1.807, 2.05) is 32.0 Å². The normalized spacial score (nSPS) is 10.7. The Morgan fingerprint density at radius 3 is 2.83 bits per heavy atom. The van der Waals surface area contributed by atoms with Gasteiger partial charge >= 0.3 is 0 Å². The minimum absolute atomic E-state index is 0.292. The molecule has 1 heterocycles. The molecule has 2 N–H and O–H groups in total. The number of aromatic nitrogens is 1. The number of carbonyl (C=O) groups excluding carboxylic acids is 1. The minimum Gasteiger partial charge on any atom is -0.490 e. The largest absolute Gasteiger partial charge is 0.490 e. The minimum atomic E-state index is -0.292. The van der Waals surface area contributed by atoms with Crippen molar-refractivity contribution >= 4 is 12.1 Å². The third-order valence-electron chi connectivity index (χ3n) is 2.95. The molecule has 2 rings (SSSR count). The Balaban J connectivity index is 2.02. The van der Waals surface area contributed by atoms with Gasteiger partial charge in [0, 0.05) is 6.20 Å². The Labute approximate surface area is 135 Å². The zero-order chi connectivity index (χ0) is 16.5. The second-order valence-corrected chi connectivity index (χ2v) is 4.77. The van der Waals surface area contributed by atoms with Gasteiger partial charge in [-0.15, -0.1) is 0 Å². The van der Waals surface area contributed by atoms with Crippen LogP contribution in [0.4, 0.5) is 0 Å². The van der Waals surface area contributed by atoms with Crippen LogP contribution < -0.4 is 14.9 Å². The van der Waals surface area contributed by atoms with Crippen molar-refractivity contribution in [2.75, 3.05) is 13.2 Å². The number of aromatic amines is 1. The SMILES string of the molecule is CCCOc1ccc(/C=N\NC(=O)c2ccc[nH]2)cc1OCC. The first kappa shape index (κ1) is 16.6. The van der Waals surface area contributed by atoms with E-state index >= 15 is 0 Å². The van der Waals surface area contributed by atoms with Crippen LogP contribution in [0.15, 0.2) is 41.6 Å². The van der Waals surface area contributed by atoms with Crippen LogP contribution in [0, 0.1) is 0 Å². The van der Waals surface area contributed by atoms with Crippen molar-refractivity contribution in [1.82, 2.24) is 10.4 Å². The number of amides is 1. The fourth-order valence-corrected chi connectivity index (χ4v) is 1.90. The average molecular weight is 315 g/mol. The maximum atomic E-state index is 11.7.